The molecule has 0 spiro atoms. The van der Waals surface area contributed by atoms with E-state index in [1.54, 1.807) is 16.8 Å². The van der Waals surface area contributed by atoms with Gasteiger partial charge in [-0.2, -0.15) is 0 Å². The summed E-state index contributed by atoms with van der Waals surface area (Å²) in [5.74, 6) is -0.678. The van der Waals surface area contributed by atoms with Crippen LogP contribution in [-0.2, 0) is 0 Å². The Bertz CT molecular complexity index is 483. The number of nitrogens with zero attached hydrogens (tertiary/aromatic N) is 3. The minimum absolute atomic E-state index is 0. The van der Waals surface area contributed by atoms with E-state index in [9.17, 15) is 4.79 Å². The average molecular weight is 323 g/mol. The Morgan fingerprint density at radius 1 is 1.50 bits per heavy atom. The fraction of sp³-hybridized carbons (Fsp3) is 0. The third kappa shape index (κ3) is 1.93. The molecule has 14 heavy (non-hydrogen) atoms. The summed E-state index contributed by atoms with van der Waals surface area (Å²) >= 11 is 3.22. The van der Waals surface area contributed by atoms with Crippen molar-refractivity contribution in [2.75, 3.05) is 0 Å². The quantitative estimate of drug-likeness (QED) is 0.869. The van der Waals surface area contributed by atoms with Crippen molar-refractivity contribution < 1.29 is 9.90 Å². The zero-order chi connectivity index (χ0) is 9.42. The van der Waals surface area contributed by atoms with E-state index in [1.165, 1.54) is 6.20 Å². The standard InChI is InChI=1S/C7H4BrN3O2.BrH/c8-4-1-9-7-10-5(6(12)13)3-11(7)2-4;/h1-3H,(H,12,13);1H. The van der Waals surface area contributed by atoms with Crippen LogP contribution in [0, 0.1) is 0 Å². The van der Waals surface area contributed by atoms with Crippen LogP contribution in [0.4, 0.5) is 0 Å². The van der Waals surface area contributed by atoms with Crippen molar-refractivity contribution in [1.82, 2.24) is 14.4 Å². The smallest absolute Gasteiger partial charge is 0.356 e. The molecule has 2 aromatic heterocycles. The van der Waals surface area contributed by atoms with Crippen LogP contribution in [-0.4, -0.2) is 25.4 Å². The lowest BCUT2D eigenvalue weighted by atomic mass is 10.5. The minimum atomic E-state index is -1.05. The summed E-state index contributed by atoms with van der Waals surface area (Å²) in [6.07, 6.45) is 4.67. The summed E-state index contributed by atoms with van der Waals surface area (Å²) in [5.41, 5.74) is -0.00870. The Balaban J connectivity index is 0.000000980. The lowest BCUT2D eigenvalue weighted by Crippen LogP contribution is -1.94. The monoisotopic (exact) mass is 321 g/mol. The van der Waals surface area contributed by atoms with Crippen molar-refractivity contribution in [3.63, 3.8) is 0 Å². The number of carboxylic acids is 1. The van der Waals surface area contributed by atoms with Crippen molar-refractivity contribution in [3.8, 4) is 0 Å². The highest BCUT2D eigenvalue weighted by Crippen LogP contribution is 2.09. The van der Waals surface area contributed by atoms with Crippen LogP contribution in [0.2, 0.25) is 0 Å². The molecule has 0 unspecified atom stereocenters. The number of hydrogen-bond donors (Lipinski definition) is 1. The van der Waals surface area contributed by atoms with Crippen molar-refractivity contribution in [2.24, 2.45) is 0 Å². The first-order valence-corrected chi connectivity index (χ1v) is 4.19. The molecule has 0 aliphatic heterocycles. The van der Waals surface area contributed by atoms with Gasteiger partial charge in [0.1, 0.15) is 0 Å². The van der Waals surface area contributed by atoms with E-state index >= 15 is 0 Å². The third-order valence-corrected chi connectivity index (χ3v) is 1.91. The van der Waals surface area contributed by atoms with E-state index in [0.717, 1.165) is 4.47 Å². The van der Waals surface area contributed by atoms with Gasteiger partial charge >= 0.3 is 5.97 Å². The van der Waals surface area contributed by atoms with Crippen LogP contribution in [0.1, 0.15) is 10.5 Å². The zero-order valence-electron chi connectivity index (χ0n) is 6.72. The van der Waals surface area contributed by atoms with Gasteiger partial charge in [-0.15, -0.1) is 17.0 Å². The van der Waals surface area contributed by atoms with E-state index in [4.69, 9.17) is 5.11 Å². The Morgan fingerprint density at radius 2 is 2.21 bits per heavy atom. The Morgan fingerprint density at radius 3 is 2.86 bits per heavy atom. The summed E-state index contributed by atoms with van der Waals surface area (Å²) in [4.78, 5) is 18.3. The molecule has 0 aliphatic rings. The van der Waals surface area contributed by atoms with Crippen LogP contribution in [0.5, 0.6) is 0 Å². The molecule has 2 heterocycles. The molecule has 0 atom stereocenters. The molecule has 0 radical (unpaired) electrons. The first-order chi connectivity index (χ1) is 6.16. The highest BCUT2D eigenvalue weighted by molar-refractivity contribution is 9.10. The number of aromatic nitrogens is 3. The van der Waals surface area contributed by atoms with Gasteiger partial charge in [-0.25, -0.2) is 14.8 Å². The van der Waals surface area contributed by atoms with Crippen molar-refractivity contribution in [1.29, 1.82) is 0 Å². The first-order valence-electron chi connectivity index (χ1n) is 3.40. The van der Waals surface area contributed by atoms with Crippen LogP contribution in [0.3, 0.4) is 0 Å². The normalized spacial score (nSPS) is 9.79. The maximum atomic E-state index is 10.5. The molecule has 0 amide bonds. The Kier molecular flexibility index (Phi) is 3.22. The molecular formula is C7H5Br2N3O2. The van der Waals surface area contributed by atoms with E-state index in [-0.39, 0.29) is 22.7 Å². The largest absolute Gasteiger partial charge is 0.476 e. The molecule has 1 N–H and O–H groups in total. The van der Waals surface area contributed by atoms with Crippen LogP contribution in [0.25, 0.3) is 5.78 Å². The maximum absolute atomic E-state index is 10.5. The van der Waals surface area contributed by atoms with Crippen LogP contribution in [0.15, 0.2) is 23.1 Å². The third-order valence-electron chi connectivity index (χ3n) is 1.50. The second-order valence-electron chi connectivity index (χ2n) is 2.41. The van der Waals surface area contributed by atoms with Gasteiger partial charge < -0.3 is 5.11 Å². The van der Waals surface area contributed by atoms with Gasteiger partial charge in [0.05, 0.1) is 4.47 Å². The molecule has 0 saturated carbocycles. The molecular weight excluding hydrogens is 318 g/mol. The van der Waals surface area contributed by atoms with Crippen molar-refractivity contribution >= 4 is 44.7 Å². The average Bonchev–Trinajstić information content (AvgIpc) is 2.46. The van der Waals surface area contributed by atoms with Gasteiger partial charge in [0.2, 0.25) is 5.78 Å². The van der Waals surface area contributed by atoms with Gasteiger partial charge in [-0.3, -0.25) is 4.40 Å². The Hall–Kier alpha value is -0.950. The maximum Gasteiger partial charge on any atom is 0.356 e. The van der Waals surface area contributed by atoms with E-state index in [2.05, 4.69) is 25.9 Å². The zero-order valence-corrected chi connectivity index (χ0v) is 10.0. The summed E-state index contributed by atoms with van der Waals surface area (Å²) in [6.45, 7) is 0. The van der Waals surface area contributed by atoms with Crippen LogP contribution >= 0.6 is 32.9 Å². The van der Waals surface area contributed by atoms with E-state index in [0.29, 0.717) is 5.78 Å². The number of carboxylic acid groups (broad SMARTS) is 1. The number of imidazole rings is 1. The van der Waals surface area contributed by atoms with Crippen molar-refractivity contribution in [3.05, 3.63) is 28.8 Å². The molecule has 0 aliphatic carbocycles. The fourth-order valence-electron chi connectivity index (χ4n) is 0.963. The van der Waals surface area contributed by atoms with Crippen molar-refractivity contribution in [2.45, 2.75) is 0 Å². The lowest BCUT2D eigenvalue weighted by molar-refractivity contribution is 0.0691. The molecule has 2 aromatic rings. The number of rotatable bonds is 1. The van der Waals surface area contributed by atoms with Crippen LogP contribution < -0.4 is 0 Å². The number of aromatic carboxylic acids is 1. The second-order valence-corrected chi connectivity index (χ2v) is 3.33. The molecule has 0 saturated heterocycles. The lowest BCUT2D eigenvalue weighted by Gasteiger charge is -1.90. The molecule has 0 aromatic carbocycles. The topological polar surface area (TPSA) is 67.5 Å². The van der Waals surface area contributed by atoms with Gasteiger partial charge in [0.25, 0.3) is 0 Å². The highest BCUT2D eigenvalue weighted by atomic mass is 79.9. The Labute approximate surface area is 97.7 Å². The molecule has 7 heteroatoms. The molecule has 0 bridgehead atoms. The summed E-state index contributed by atoms with van der Waals surface area (Å²) in [6, 6.07) is 0. The number of halogens is 2. The molecule has 2 rings (SSSR count). The van der Waals surface area contributed by atoms with Gasteiger partial charge in [0, 0.05) is 18.6 Å². The van der Waals surface area contributed by atoms with Gasteiger partial charge in [-0.1, -0.05) is 0 Å². The predicted molar refractivity (Wildman–Crippen MR) is 58.0 cm³/mol. The first kappa shape index (κ1) is 11.1. The van der Waals surface area contributed by atoms with Gasteiger partial charge in [-0.05, 0) is 15.9 Å². The summed E-state index contributed by atoms with van der Waals surface area (Å²) in [5, 5.41) is 8.64. The SMILES string of the molecule is Br.O=C(O)c1cn2cc(Br)cnc2n1. The fourth-order valence-corrected chi connectivity index (χ4v) is 1.29. The molecule has 0 fully saturated rings. The number of carbonyl (C=O) groups is 1. The summed E-state index contributed by atoms with van der Waals surface area (Å²) < 4.78 is 2.32. The van der Waals surface area contributed by atoms with E-state index in [1.807, 2.05) is 0 Å². The van der Waals surface area contributed by atoms with Gasteiger partial charge in [0.15, 0.2) is 5.69 Å². The minimum Gasteiger partial charge on any atom is -0.476 e. The molecule has 74 valence electrons. The predicted octanol–water partition coefficient (Wildman–Crippen LogP) is 1.77. The second kappa shape index (κ2) is 4.05. The number of fused-ring (bicyclic) bond motifs is 1. The summed E-state index contributed by atoms with van der Waals surface area (Å²) in [7, 11) is 0. The number of hydrogen-bond acceptors (Lipinski definition) is 3. The van der Waals surface area contributed by atoms with E-state index < -0.39 is 5.97 Å². The molecule has 5 nitrogen and oxygen atoms in total. The highest BCUT2D eigenvalue weighted by Gasteiger charge is 2.08.